The van der Waals surface area contributed by atoms with Crippen molar-refractivity contribution in [3.05, 3.63) is 41.7 Å². The fourth-order valence-corrected chi connectivity index (χ4v) is 0.820. The minimum Gasteiger partial charge on any atom is -0.206 e. The van der Waals surface area contributed by atoms with Gasteiger partial charge in [0, 0.05) is 5.56 Å². The molecule has 0 fully saturated rings. The van der Waals surface area contributed by atoms with E-state index in [1.54, 1.807) is 12.1 Å². The maximum Gasteiger partial charge on any atom is 0.130 e. The lowest BCUT2D eigenvalue weighted by atomic mass is 10.1. The summed E-state index contributed by atoms with van der Waals surface area (Å²) in [7, 11) is 0. The number of halogens is 1. The lowest BCUT2D eigenvalue weighted by Crippen LogP contribution is -1.81. The highest BCUT2D eigenvalue weighted by atomic mass is 19.1. The van der Waals surface area contributed by atoms with Crippen LogP contribution in [-0.4, -0.2) is 0 Å². The Bertz CT molecular complexity index is 251. The van der Waals surface area contributed by atoms with E-state index in [9.17, 15) is 4.39 Å². The zero-order valence-electron chi connectivity index (χ0n) is 7.89. The van der Waals surface area contributed by atoms with Crippen molar-refractivity contribution in [2.75, 3.05) is 0 Å². The molecule has 0 N–H and O–H groups in total. The highest BCUT2D eigenvalue weighted by molar-refractivity contribution is 5.48. The Kier molecular flexibility index (Phi) is 5.02. The van der Waals surface area contributed by atoms with Crippen LogP contribution < -0.4 is 0 Å². The predicted octanol–water partition coefficient (Wildman–Crippen LogP) is 3.80. The van der Waals surface area contributed by atoms with E-state index in [0.29, 0.717) is 5.56 Å². The molecule has 0 aliphatic carbocycles. The fourth-order valence-electron chi connectivity index (χ4n) is 0.820. The summed E-state index contributed by atoms with van der Waals surface area (Å²) in [5, 5.41) is 0. The summed E-state index contributed by atoms with van der Waals surface area (Å²) in [6, 6.07) is 4.96. The van der Waals surface area contributed by atoms with E-state index in [1.165, 1.54) is 12.1 Å². The van der Waals surface area contributed by atoms with Gasteiger partial charge in [-0.3, -0.25) is 0 Å². The molecular weight excluding hydrogens is 151 g/mol. The second-order valence-electron chi connectivity index (χ2n) is 2.23. The van der Waals surface area contributed by atoms with Crippen molar-refractivity contribution in [1.82, 2.24) is 0 Å². The van der Waals surface area contributed by atoms with E-state index >= 15 is 0 Å². The topological polar surface area (TPSA) is 0 Å². The fraction of sp³-hybridized carbons (Fsp3) is 0.273. The monoisotopic (exact) mass is 166 g/mol. The van der Waals surface area contributed by atoms with E-state index in [0.717, 1.165) is 5.56 Å². The van der Waals surface area contributed by atoms with Gasteiger partial charge < -0.3 is 0 Å². The van der Waals surface area contributed by atoms with Crippen molar-refractivity contribution < 1.29 is 4.39 Å². The summed E-state index contributed by atoms with van der Waals surface area (Å²) >= 11 is 0. The second-order valence-corrected chi connectivity index (χ2v) is 2.23. The molecule has 0 aliphatic rings. The molecule has 0 heterocycles. The molecule has 0 saturated carbocycles. The van der Waals surface area contributed by atoms with Crippen molar-refractivity contribution in [1.29, 1.82) is 0 Å². The maximum absolute atomic E-state index is 12.7. The molecule has 0 aromatic heterocycles. The van der Waals surface area contributed by atoms with Crippen molar-refractivity contribution in [2.45, 2.75) is 20.8 Å². The van der Waals surface area contributed by atoms with Gasteiger partial charge in [0.15, 0.2) is 0 Å². The predicted molar refractivity (Wildman–Crippen MR) is 52.6 cm³/mol. The normalized spacial score (nSPS) is 8.33. The Hall–Kier alpha value is -1.11. The average molecular weight is 166 g/mol. The number of benzene rings is 1. The maximum atomic E-state index is 12.7. The minimum absolute atomic E-state index is 0.208. The summed E-state index contributed by atoms with van der Waals surface area (Å²) in [4.78, 5) is 0. The van der Waals surface area contributed by atoms with Gasteiger partial charge in [0.2, 0.25) is 0 Å². The van der Waals surface area contributed by atoms with Gasteiger partial charge in [-0.2, -0.15) is 0 Å². The molecule has 0 atom stereocenters. The smallest absolute Gasteiger partial charge is 0.130 e. The third-order valence-electron chi connectivity index (χ3n) is 1.37. The highest BCUT2D eigenvalue weighted by Gasteiger charge is 1.95. The summed E-state index contributed by atoms with van der Waals surface area (Å²) in [6.07, 6.45) is 1.52. The second kappa shape index (κ2) is 5.53. The van der Waals surface area contributed by atoms with E-state index in [-0.39, 0.29) is 5.82 Å². The molecule has 1 aromatic carbocycles. The van der Waals surface area contributed by atoms with Crippen molar-refractivity contribution in [2.24, 2.45) is 0 Å². The molecule has 0 radical (unpaired) electrons. The van der Waals surface area contributed by atoms with Crippen LogP contribution in [0.2, 0.25) is 0 Å². The SMILES string of the molecule is C=Cc1cc(C)ccc1F.CC. The Labute approximate surface area is 73.7 Å². The molecule has 1 heteroatoms. The van der Waals surface area contributed by atoms with Crippen LogP contribution >= 0.6 is 0 Å². The zero-order chi connectivity index (χ0) is 9.56. The van der Waals surface area contributed by atoms with Gasteiger partial charge in [0.05, 0.1) is 0 Å². The third-order valence-corrected chi connectivity index (χ3v) is 1.37. The van der Waals surface area contributed by atoms with Gasteiger partial charge in [0.25, 0.3) is 0 Å². The van der Waals surface area contributed by atoms with E-state index < -0.39 is 0 Å². The molecule has 0 amide bonds. The largest absolute Gasteiger partial charge is 0.206 e. The van der Waals surface area contributed by atoms with Gasteiger partial charge in [-0.15, -0.1) is 0 Å². The Balaban J connectivity index is 0.000000561. The summed E-state index contributed by atoms with van der Waals surface area (Å²) < 4.78 is 12.7. The lowest BCUT2D eigenvalue weighted by molar-refractivity contribution is 0.624. The van der Waals surface area contributed by atoms with Crippen LogP contribution in [0, 0.1) is 12.7 Å². The molecular formula is C11H15F. The summed E-state index contributed by atoms with van der Waals surface area (Å²) in [5.74, 6) is -0.208. The first-order valence-electron chi connectivity index (χ1n) is 4.12. The summed E-state index contributed by atoms with van der Waals surface area (Å²) in [6.45, 7) is 9.42. The Morgan fingerprint density at radius 3 is 2.33 bits per heavy atom. The molecule has 66 valence electrons. The number of rotatable bonds is 1. The van der Waals surface area contributed by atoms with Gasteiger partial charge in [-0.25, -0.2) is 4.39 Å². The van der Waals surface area contributed by atoms with Gasteiger partial charge >= 0.3 is 0 Å². The quantitative estimate of drug-likeness (QED) is 0.595. The van der Waals surface area contributed by atoms with Crippen molar-refractivity contribution in [3.63, 3.8) is 0 Å². The van der Waals surface area contributed by atoms with Crippen LogP contribution in [0.5, 0.6) is 0 Å². The zero-order valence-corrected chi connectivity index (χ0v) is 7.89. The van der Waals surface area contributed by atoms with Crippen LogP contribution in [0.25, 0.3) is 6.08 Å². The minimum atomic E-state index is -0.208. The first-order chi connectivity index (χ1) is 5.74. The van der Waals surface area contributed by atoms with E-state index in [2.05, 4.69) is 6.58 Å². The lowest BCUT2D eigenvalue weighted by Gasteiger charge is -1.96. The number of aryl methyl sites for hydroxylation is 1. The summed E-state index contributed by atoms with van der Waals surface area (Å²) in [5.41, 5.74) is 1.62. The molecule has 0 bridgehead atoms. The van der Waals surface area contributed by atoms with Crippen LogP contribution in [-0.2, 0) is 0 Å². The Morgan fingerprint density at radius 1 is 1.33 bits per heavy atom. The molecule has 1 rings (SSSR count). The van der Waals surface area contributed by atoms with E-state index in [1.807, 2.05) is 20.8 Å². The van der Waals surface area contributed by atoms with Gasteiger partial charge in [-0.1, -0.05) is 38.1 Å². The van der Waals surface area contributed by atoms with Gasteiger partial charge in [-0.05, 0) is 19.1 Å². The standard InChI is InChI=1S/C9H9F.C2H6/c1-3-8-6-7(2)4-5-9(8)10;1-2/h3-6H,1H2,2H3;1-2H3. The van der Waals surface area contributed by atoms with E-state index in [4.69, 9.17) is 0 Å². The molecule has 0 nitrogen and oxygen atoms in total. The van der Waals surface area contributed by atoms with Crippen LogP contribution in [0.15, 0.2) is 24.8 Å². The van der Waals surface area contributed by atoms with Crippen LogP contribution in [0.3, 0.4) is 0 Å². The molecule has 0 spiro atoms. The highest BCUT2D eigenvalue weighted by Crippen LogP contribution is 2.10. The van der Waals surface area contributed by atoms with Crippen LogP contribution in [0.4, 0.5) is 4.39 Å². The molecule has 0 aliphatic heterocycles. The first-order valence-corrected chi connectivity index (χ1v) is 4.12. The molecule has 0 unspecified atom stereocenters. The Morgan fingerprint density at radius 2 is 1.92 bits per heavy atom. The number of hydrogen-bond donors (Lipinski definition) is 0. The average Bonchev–Trinajstić information content (AvgIpc) is 2.13. The molecule has 1 aromatic rings. The van der Waals surface area contributed by atoms with Crippen molar-refractivity contribution in [3.8, 4) is 0 Å². The van der Waals surface area contributed by atoms with Crippen LogP contribution in [0.1, 0.15) is 25.0 Å². The molecule has 12 heavy (non-hydrogen) atoms. The molecule has 0 saturated heterocycles. The first kappa shape index (κ1) is 10.9. The van der Waals surface area contributed by atoms with Gasteiger partial charge in [0.1, 0.15) is 5.82 Å². The number of hydrogen-bond acceptors (Lipinski definition) is 0. The third kappa shape index (κ3) is 2.87. The van der Waals surface area contributed by atoms with Crippen molar-refractivity contribution >= 4 is 6.08 Å².